The van der Waals surface area contributed by atoms with Crippen LogP contribution in [0.3, 0.4) is 0 Å². The molecule has 1 aromatic heterocycles. The molecule has 3 rings (SSSR count). The van der Waals surface area contributed by atoms with Crippen molar-refractivity contribution in [1.29, 1.82) is 0 Å². The van der Waals surface area contributed by atoms with E-state index in [1.54, 1.807) is 11.3 Å². The molecule has 1 aliphatic carbocycles. The van der Waals surface area contributed by atoms with Gasteiger partial charge in [0.1, 0.15) is 0 Å². The summed E-state index contributed by atoms with van der Waals surface area (Å²) >= 11 is 7.74. The van der Waals surface area contributed by atoms with Crippen molar-refractivity contribution >= 4 is 28.8 Å². The number of piperidine rings is 1. The number of halogens is 1. The predicted octanol–water partition coefficient (Wildman–Crippen LogP) is 2.26. The molecule has 0 aromatic carbocycles. The Bertz CT molecular complexity index is 436. The highest BCUT2D eigenvalue weighted by molar-refractivity contribution is 7.16. The number of nitrogens with one attached hydrogen (secondary N) is 2. The molecule has 2 atom stereocenters. The van der Waals surface area contributed by atoms with Crippen LogP contribution in [0.2, 0.25) is 4.34 Å². The van der Waals surface area contributed by atoms with Crippen molar-refractivity contribution in [2.45, 2.75) is 37.8 Å². The first-order valence-electron chi connectivity index (χ1n) is 6.03. The quantitative estimate of drug-likeness (QED) is 0.866. The van der Waals surface area contributed by atoms with Crippen molar-refractivity contribution in [3.05, 3.63) is 20.8 Å². The number of hydrogen-bond donors (Lipinski definition) is 2. The first kappa shape index (κ1) is 11.5. The summed E-state index contributed by atoms with van der Waals surface area (Å²) in [6, 6.07) is 2.92. The summed E-state index contributed by atoms with van der Waals surface area (Å²) < 4.78 is 0.887. The van der Waals surface area contributed by atoms with Crippen LogP contribution in [-0.4, -0.2) is 18.5 Å². The Labute approximate surface area is 110 Å². The van der Waals surface area contributed by atoms with Crippen LogP contribution < -0.4 is 10.6 Å². The zero-order valence-corrected chi connectivity index (χ0v) is 11.0. The minimum Gasteiger partial charge on any atom is -0.355 e. The summed E-state index contributed by atoms with van der Waals surface area (Å²) in [5, 5.41) is 6.55. The van der Waals surface area contributed by atoms with E-state index in [4.69, 9.17) is 11.6 Å². The Balaban J connectivity index is 1.65. The third kappa shape index (κ3) is 2.34. The fourth-order valence-electron chi connectivity index (χ4n) is 2.66. The van der Waals surface area contributed by atoms with Gasteiger partial charge in [-0.15, -0.1) is 11.3 Å². The highest BCUT2D eigenvalue weighted by Crippen LogP contribution is 2.39. The molecule has 2 unspecified atom stereocenters. The Hall–Kier alpha value is -0.580. The third-order valence-corrected chi connectivity index (χ3v) is 4.89. The summed E-state index contributed by atoms with van der Waals surface area (Å²) in [5.74, 6) is 0.175. The fourth-order valence-corrected chi connectivity index (χ4v) is 4.02. The molecular formula is C12H15ClN2OS. The minimum atomic E-state index is 0.175. The molecule has 1 aliphatic heterocycles. The molecule has 2 N–H and O–H groups in total. The molecule has 0 bridgehead atoms. The summed E-state index contributed by atoms with van der Waals surface area (Å²) in [4.78, 5) is 12.5. The smallest absolute Gasteiger partial charge is 0.220 e. The van der Waals surface area contributed by atoms with E-state index < -0.39 is 0 Å². The zero-order valence-electron chi connectivity index (χ0n) is 9.46. The van der Waals surface area contributed by atoms with Crippen LogP contribution in [0.15, 0.2) is 6.07 Å². The number of hydrogen-bond acceptors (Lipinski definition) is 3. The maximum absolute atomic E-state index is 11.1. The van der Waals surface area contributed by atoms with Gasteiger partial charge in [-0.25, -0.2) is 0 Å². The molecule has 92 valence electrons. The van der Waals surface area contributed by atoms with Gasteiger partial charge in [-0.1, -0.05) is 11.6 Å². The largest absolute Gasteiger partial charge is 0.355 e. The lowest BCUT2D eigenvalue weighted by Gasteiger charge is -2.27. The molecule has 0 radical (unpaired) electrons. The van der Waals surface area contributed by atoms with Gasteiger partial charge in [0.15, 0.2) is 0 Å². The first-order valence-corrected chi connectivity index (χ1v) is 7.22. The summed E-state index contributed by atoms with van der Waals surface area (Å²) in [6.07, 6.45) is 3.86. The van der Waals surface area contributed by atoms with E-state index in [0.717, 1.165) is 30.1 Å². The molecule has 1 saturated heterocycles. The topological polar surface area (TPSA) is 41.1 Å². The molecule has 1 aromatic rings. The number of thiophene rings is 1. The normalized spacial score (nSPS) is 27.9. The van der Waals surface area contributed by atoms with Crippen molar-refractivity contribution in [3.63, 3.8) is 0 Å². The van der Waals surface area contributed by atoms with E-state index in [2.05, 4.69) is 16.7 Å². The lowest BCUT2D eigenvalue weighted by molar-refractivity contribution is -0.122. The van der Waals surface area contributed by atoms with Gasteiger partial charge < -0.3 is 10.6 Å². The van der Waals surface area contributed by atoms with Crippen LogP contribution in [0.25, 0.3) is 0 Å². The summed E-state index contributed by atoms with van der Waals surface area (Å²) in [5.41, 5.74) is 1.37. The minimum absolute atomic E-state index is 0.175. The number of rotatable bonds is 2. The maximum Gasteiger partial charge on any atom is 0.220 e. The van der Waals surface area contributed by atoms with Gasteiger partial charge in [-0.05, 0) is 30.9 Å². The molecule has 5 heteroatoms. The lowest BCUT2D eigenvalue weighted by atomic mass is 10.0. The van der Waals surface area contributed by atoms with E-state index in [1.165, 1.54) is 10.4 Å². The standard InChI is InChI=1S/C12H15ClN2OS/c13-11-5-8-9(2-3-10(8)17-11)15-7-1-4-12(16)14-6-7/h5,7,9,15H,1-4,6H2,(H,14,16). The second-order valence-corrected chi connectivity index (χ2v) is 6.49. The highest BCUT2D eigenvalue weighted by atomic mass is 35.5. The Morgan fingerprint density at radius 3 is 3.06 bits per heavy atom. The number of carbonyl (C=O) groups excluding carboxylic acids is 1. The summed E-state index contributed by atoms with van der Waals surface area (Å²) in [7, 11) is 0. The number of aryl methyl sites for hydroxylation is 1. The van der Waals surface area contributed by atoms with E-state index in [9.17, 15) is 4.79 Å². The van der Waals surface area contributed by atoms with Crippen LogP contribution >= 0.6 is 22.9 Å². The van der Waals surface area contributed by atoms with Gasteiger partial charge in [0.2, 0.25) is 5.91 Å². The van der Waals surface area contributed by atoms with Crippen molar-refractivity contribution in [2.24, 2.45) is 0 Å². The molecule has 1 fully saturated rings. The first-order chi connectivity index (χ1) is 8.22. The van der Waals surface area contributed by atoms with Crippen LogP contribution in [-0.2, 0) is 11.2 Å². The molecular weight excluding hydrogens is 256 g/mol. The van der Waals surface area contributed by atoms with Crippen molar-refractivity contribution < 1.29 is 4.79 Å². The molecule has 0 saturated carbocycles. The molecule has 2 aliphatic rings. The number of carbonyl (C=O) groups is 1. The van der Waals surface area contributed by atoms with Crippen LogP contribution in [0.5, 0.6) is 0 Å². The van der Waals surface area contributed by atoms with Crippen molar-refractivity contribution in [1.82, 2.24) is 10.6 Å². The molecule has 2 heterocycles. The molecule has 3 nitrogen and oxygen atoms in total. The highest BCUT2D eigenvalue weighted by Gasteiger charge is 2.28. The maximum atomic E-state index is 11.1. The van der Waals surface area contributed by atoms with E-state index >= 15 is 0 Å². The SMILES string of the molecule is O=C1CCC(NC2CCc3sc(Cl)cc32)CN1. The lowest BCUT2D eigenvalue weighted by Crippen LogP contribution is -2.46. The van der Waals surface area contributed by atoms with E-state index in [0.29, 0.717) is 18.5 Å². The third-order valence-electron chi connectivity index (χ3n) is 3.55. The second-order valence-electron chi connectivity index (χ2n) is 4.73. The van der Waals surface area contributed by atoms with Gasteiger partial charge in [-0.2, -0.15) is 0 Å². The Morgan fingerprint density at radius 2 is 2.29 bits per heavy atom. The molecule has 17 heavy (non-hydrogen) atoms. The number of amides is 1. The van der Waals surface area contributed by atoms with Crippen LogP contribution in [0.1, 0.15) is 35.7 Å². The summed E-state index contributed by atoms with van der Waals surface area (Å²) in [6.45, 7) is 0.753. The zero-order chi connectivity index (χ0) is 11.8. The number of fused-ring (bicyclic) bond motifs is 1. The second kappa shape index (κ2) is 4.59. The van der Waals surface area contributed by atoms with Gasteiger partial charge in [0.25, 0.3) is 0 Å². The van der Waals surface area contributed by atoms with E-state index in [1.807, 2.05) is 0 Å². The Morgan fingerprint density at radius 1 is 1.41 bits per heavy atom. The van der Waals surface area contributed by atoms with Gasteiger partial charge in [0.05, 0.1) is 4.34 Å². The van der Waals surface area contributed by atoms with E-state index in [-0.39, 0.29) is 5.91 Å². The fraction of sp³-hybridized carbons (Fsp3) is 0.583. The van der Waals surface area contributed by atoms with Crippen molar-refractivity contribution in [3.8, 4) is 0 Å². The van der Waals surface area contributed by atoms with Gasteiger partial charge in [0, 0.05) is 29.9 Å². The van der Waals surface area contributed by atoms with Crippen molar-refractivity contribution in [2.75, 3.05) is 6.54 Å². The average molecular weight is 271 g/mol. The molecule has 1 amide bonds. The average Bonchev–Trinajstić information content (AvgIpc) is 2.83. The molecule has 0 spiro atoms. The van der Waals surface area contributed by atoms with Gasteiger partial charge >= 0.3 is 0 Å². The Kier molecular flexibility index (Phi) is 3.11. The van der Waals surface area contributed by atoms with Crippen LogP contribution in [0, 0.1) is 0 Å². The predicted molar refractivity (Wildman–Crippen MR) is 69.6 cm³/mol. The monoisotopic (exact) mass is 270 g/mol. The van der Waals surface area contributed by atoms with Gasteiger partial charge in [-0.3, -0.25) is 4.79 Å². The van der Waals surface area contributed by atoms with Crippen LogP contribution in [0.4, 0.5) is 0 Å².